The van der Waals surface area contributed by atoms with Gasteiger partial charge in [-0.05, 0) is 45.4 Å². The van der Waals surface area contributed by atoms with Crippen LogP contribution in [-0.2, 0) is 58.8 Å². The Labute approximate surface area is 292 Å². The van der Waals surface area contributed by atoms with Gasteiger partial charge < -0.3 is 47.7 Å². The molecule has 3 aliphatic rings. The molecule has 0 aromatic heterocycles. The fourth-order valence-electron chi connectivity index (χ4n) is 6.71. The second kappa shape index (κ2) is 16.7. The van der Waals surface area contributed by atoms with Crippen LogP contribution in [0.2, 0.25) is 0 Å². The van der Waals surface area contributed by atoms with Gasteiger partial charge >= 0.3 is 17.9 Å². The molecule has 274 valence electrons. The molecule has 5 rings (SSSR count). The third-order valence-electron chi connectivity index (χ3n) is 9.01. The van der Waals surface area contributed by atoms with E-state index in [9.17, 15) is 19.5 Å². The van der Waals surface area contributed by atoms with Gasteiger partial charge in [0.25, 0.3) is 0 Å². The Kier molecular flexibility index (Phi) is 12.6. The third kappa shape index (κ3) is 9.87. The number of esters is 3. The van der Waals surface area contributed by atoms with Gasteiger partial charge in [-0.25, -0.2) is 4.79 Å². The molecule has 2 aromatic rings. The molecule has 50 heavy (non-hydrogen) atoms. The van der Waals surface area contributed by atoms with Crippen LogP contribution < -0.4 is 0 Å². The van der Waals surface area contributed by atoms with Crippen LogP contribution in [0.1, 0.15) is 76.7 Å². The third-order valence-corrected chi connectivity index (χ3v) is 9.01. The Morgan fingerprint density at radius 2 is 1.24 bits per heavy atom. The molecule has 0 radical (unpaired) electrons. The summed E-state index contributed by atoms with van der Waals surface area (Å²) in [4.78, 5) is 37.0. The van der Waals surface area contributed by atoms with E-state index in [0.29, 0.717) is 12.2 Å². The molecule has 0 saturated carbocycles. The van der Waals surface area contributed by atoms with Gasteiger partial charge in [0.15, 0.2) is 37.2 Å². The van der Waals surface area contributed by atoms with Crippen molar-refractivity contribution in [3.63, 3.8) is 0 Å². The molecule has 13 nitrogen and oxygen atoms in total. The Hall–Kier alpha value is -3.43. The van der Waals surface area contributed by atoms with Crippen molar-refractivity contribution >= 4 is 17.9 Å². The van der Waals surface area contributed by atoms with Crippen molar-refractivity contribution in [2.24, 2.45) is 0 Å². The van der Waals surface area contributed by atoms with Crippen LogP contribution in [0.5, 0.6) is 0 Å². The molecular formula is C37H48O13. The standard InChI is InChI=1S/C37H48O13/c1-21-33(46-24(4)38)29(49-32-19-37(6,41)35(23(3)45-32)47-25(5)39)18-31(44-21)48-28-17-30(42-20-26-13-9-7-10-14-26)43-22(2)34(28)50-36(40)27-15-11-8-12-16-27/h7-16,21-23,28-35,41H,17-20H2,1-6H3/t21-,22-,23+,28-,29-,30-,31+,32+,33-,34-,35+,37+/m1/s1. The summed E-state index contributed by atoms with van der Waals surface area (Å²) in [6.07, 6.45) is -8.21. The van der Waals surface area contributed by atoms with E-state index in [1.807, 2.05) is 36.4 Å². The normalized spacial score (nSPS) is 35.9. The Morgan fingerprint density at radius 1 is 0.720 bits per heavy atom. The molecule has 0 aliphatic carbocycles. The summed E-state index contributed by atoms with van der Waals surface area (Å²) in [7, 11) is 0. The van der Waals surface area contributed by atoms with Crippen molar-refractivity contribution in [1.29, 1.82) is 0 Å². The quantitative estimate of drug-likeness (QED) is 0.263. The average Bonchev–Trinajstić information content (AvgIpc) is 3.05. The van der Waals surface area contributed by atoms with E-state index in [1.54, 1.807) is 52.0 Å². The second-order valence-corrected chi connectivity index (χ2v) is 13.3. The minimum atomic E-state index is -1.46. The van der Waals surface area contributed by atoms with E-state index in [4.69, 9.17) is 42.6 Å². The fraction of sp³-hybridized carbons (Fsp3) is 0.595. The molecule has 3 heterocycles. The summed E-state index contributed by atoms with van der Waals surface area (Å²) >= 11 is 0. The predicted molar refractivity (Wildman–Crippen MR) is 175 cm³/mol. The maximum absolute atomic E-state index is 13.2. The average molecular weight is 701 g/mol. The van der Waals surface area contributed by atoms with Gasteiger partial charge in [0, 0.05) is 33.1 Å². The van der Waals surface area contributed by atoms with Crippen molar-refractivity contribution in [2.75, 3.05) is 0 Å². The lowest BCUT2D eigenvalue weighted by Gasteiger charge is -2.47. The molecule has 13 heteroatoms. The zero-order valence-corrected chi connectivity index (χ0v) is 29.3. The molecule has 3 saturated heterocycles. The van der Waals surface area contributed by atoms with Crippen molar-refractivity contribution in [3.05, 3.63) is 71.8 Å². The van der Waals surface area contributed by atoms with Gasteiger partial charge in [0.05, 0.1) is 30.5 Å². The van der Waals surface area contributed by atoms with E-state index < -0.39 is 91.2 Å². The van der Waals surface area contributed by atoms with Gasteiger partial charge in [-0.3, -0.25) is 9.59 Å². The molecule has 1 N–H and O–H groups in total. The molecule has 0 bridgehead atoms. The fourth-order valence-corrected chi connectivity index (χ4v) is 6.71. The summed E-state index contributed by atoms with van der Waals surface area (Å²) < 4.78 is 54.5. The Bertz CT molecular complexity index is 1420. The summed E-state index contributed by atoms with van der Waals surface area (Å²) in [6, 6.07) is 18.3. The summed E-state index contributed by atoms with van der Waals surface area (Å²) in [5, 5.41) is 11.2. The summed E-state index contributed by atoms with van der Waals surface area (Å²) in [5.41, 5.74) is -0.104. The van der Waals surface area contributed by atoms with E-state index in [0.717, 1.165) is 5.56 Å². The van der Waals surface area contributed by atoms with Crippen molar-refractivity contribution in [3.8, 4) is 0 Å². The Balaban J connectivity index is 1.33. The lowest BCUT2D eigenvalue weighted by Crippen LogP contribution is -2.59. The maximum Gasteiger partial charge on any atom is 0.338 e. The van der Waals surface area contributed by atoms with Crippen LogP contribution in [0, 0.1) is 0 Å². The molecule has 0 spiro atoms. The monoisotopic (exact) mass is 700 g/mol. The Morgan fingerprint density at radius 3 is 1.84 bits per heavy atom. The largest absolute Gasteiger partial charge is 0.457 e. The highest BCUT2D eigenvalue weighted by atomic mass is 16.7. The molecule has 3 fully saturated rings. The van der Waals surface area contributed by atoms with Gasteiger partial charge in [-0.15, -0.1) is 0 Å². The smallest absolute Gasteiger partial charge is 0.338 e. The topological polar surface area (TPSA) is 155 Å². The van der Waals surface area contributed by atoms with Crippen molar-refractivity contribution in [1.82, 2.24) is 0 Å². The summed E-state index contributed by atoms with van der Waals surface area (Å²) in [5.74, 6) is -1.59. The van der Waals surface area contributed by atoms with E-state index in [2.05, 4.69) is 0 Å². The first-order valence-corrected chi connectivity index (χ1v) is 17.0. The highest BCUT2D eigenvalue weighted by Gasteiger charge is 2.50. The van der Waals surface area contributed by atoms with Crippen molar-refractivity contribution < 1.29 is 62.1 Å². The van der Waals surface area contributed by atoms with E-state index in [1.165, 1.54) is 13.8 Å². The number of ether oxygens (including phenoxy) is 9. The zero-order chi connectivity index (χ0) is 36.0. The number of aliphatic hydroxyl groups is 1. The number of rotatable bonds is 11. The van der Waals surface area contributed by atoms with Crippen LogP contribution in [0.15, 0.2) is 60.7 Å². The minimum Gasteiger partial charge on any atom is -0.457 e. The van der Waals surface area contributed by atoms with Crippen LogP contribution in [0.25, 0.3) is 0 Å². The molecule has 12 atom stereocenters. The lowest BCUT2D eigenvalue weighted by molar-refractivity contribution is -0.334. The first-order valence-electron chi connectivity index (χ1n) is 17.0. The van der Waals surface area contributed by atoms with E-state index >= 15 is 0 Å². The van der Waals surface area contributed by atoms with Crippen LogP contribution >= 0.6 is 0 Å². The molecule has 3 aliphatic heterocycles. The van der Waals surface area contributed by atoms with Gasteiger partial charge in [0.1, 0.15) is 17.8 Å². The molecule has 0 amide bonds. The van der Waals surface area contributed by atoms with Gasteiger partial charge in [-0.2, -0.15) is 0 Å². The van der Waals surface area contributed by atoms with Crippen LogP contribution in [0.3, 0.4) is 0 Å². The second-order valence-electron chi connectivity index (χ2n) is 13.3. The lowest BCUT2D eigenvalue weighted by atomic mass is 9.88. The number of hydrogen-bond acceptors (Lipinski definition) is 13. The van der Waals surface area contributed by atoms with Crippen molar-refractivity contribution in [2.45, 2.75) is 141 Å². The first-order chi connectivity index (χ1) is 23.8. The summed E-state index contributed by atoms with van der Waals surface area (Å²) in [6.45, 7) is 9.63. The van der Waals surface area contributed by atoms with Gasteiger partial charge in [0.2, 0.25) is 0 Å². The zero-order valence-electron chi connectivity index (χ0n) is 29.3. The van der Waals surface area contributed by atoms with E-state index in [-0.39, 0.29) is 19.3 Å². The highest BCUT2D eigenvalue weighted by molar-refractivity contribution is 5.89. The number of carbonyl (C=O) groups is 3. The SMILES string of the molecule is CC(=O)O[C@@H]1[C@@H](C)O[C@@H](O[C@@H]2C[C@H](OCc3ccccc3)O[C@H](C)[C@H]2OC(=O)c2ccccc2)C[C@H]1O[C@H]1C[C@](C)(O)[C@@H](OC(C)=O)[C@H](C)O1. The minimum absolute atomic E-state index is 0.0191. The van der Waals surface area contributed by atoms with Crippen LogP contribution in [0.4, 0.5) is 0 Å². The number of carbonyl (C=O) groups excluding carboxylic acids is 3. The van der Waals surface area contributed by atoms with Crippen LogP contribution in [-0.4, -0.2) is 96.3 Å². The van der Waals surface area contributed by atoms with Gasteiger partial charge in [-0.1, -0.05) is 48.5 Å². The molecule has 0 unspecified atom stereocenters. The number of hydrogen-bond donors (Lipinski definition) is 1. The highest BCUT2D eigenvalue weighted by Crippen LogP contribution is 2.36. The first kappa shape index (κ1) is 37.8. The molecular weight excluding hydrogens is 652 g/mol. The molecule has 2 aromatic carbocycles. The predicted octanol–water partition coefficient (Wildman–Crippen LogP) is 4.22. The maximum atomic E-state index is 13.2. The number of benzene rings is 2.